The molecule has 0 saturated carbocycles. The van der Waals surface area contributed by atoms with Crippen molar-refractivity contribution in [3.8, 4) is 17.2 Å². The Morgan fingerprint density at radius 2 is 1.96 bits per heavy atom. The smallest absolute Gasteiger partial charge is 0.166 e. The number of hydrazone groups is 1. The SMILES string of the molecule is COc1ccc2nc(C)cc(N/N=C/c3cccc(OC)c3O)c2c1. The molecular weight excluding hydrogens is 318 g/mol. The zero-order valence-electron chi connectivity index (χ0n) is 14.3. The molecule has 1 heterocycles. The van der Waals surface area contributed by atoms with Crippen LogP contribution in [0.25, 0.3) is 10.9 Å². The van der Waals surface area contributed by atoms with Crippen molar-refractivity contribution in [3.63, 3.8) is 0 Å². The Labute approximate surface area is 145 Å². The molecule has 2 aromatic carbocycles. The third-order valence-electron chi connectivity index (χ3n) is 3.78. The van der Waals surface area contributed by atoms with Gasteiger partial charge in [-0.25, -0.2) is 0 Å². The van der Waals surface area contributed by atoms with E-state index in [1.54, 1.807) is 31.5 Å². The molecule has 0 amide bonds. The number of aromatic hydroxyl groups is 1. The lowest BCUT2D eigenvalue weighted by Gasteiger charge is -2.09. The lowest BCUT2D eigenvalue weighted by molar-refractivity contribution is 0.373. The minimum atomic E-state index is 0.0491. The summed E-state index contributed by atoms with van der Waals surface area (Å²) in [6, 6.07) is 12.8. The van der Waals surface area contributed by atoms with Gasteiger partial charge in [-0.15, -0.1) is 0 Å². The monoisotopic (exact) mass is 337 g/mol. The number of nitrogens with one attached hydrogen (secondary N) is 1. The zero-order valence-corrected chi connectivity index (χ0v) is 14.3. The normalized spacial score (nSPS) is 11.0. The second-order valence-corrected chi connectivity index (χ2v) is 5.46. The highest BCUT2D eigenvalue weighted by molar-refractivity contribution is 5.93. The van der Waals surface area contributed by atoms with Gasteiger partial charge in [0.2, 0.25) is 0 Å². The van der Waals surface area contributed by atoms with Gasteiger partial charge < -0.3 is 14.6 Å². The van der Waals surface area contributed by atoms with Crippen LogP contribution in [0.15, 0.2) is 47.6 Å². The third-order valence-corrected chi connectivity index (χ3v) is 3.78. The minimum Gasteiger partial charge on any atom is -0.504 e. The van der Waals surface area contributed by atoms with E-state index in [1.807, 2.05) is 31.2 Å². The predicted octanol–water partition coefficient (Wildman–Crippen LogP) is 3.71. The number of rotatable bonds is 5. The van der Waals surface area contributed by atoms with Crippen LogP contribution in [0, 0.1) is 6.92 Å². The first-order valence-electron chi connectivity index (χ1n) is 7.73. The van der Waals surface area contributed by atoms with Crippen LogP contribution >= 0.6 is 0 Å². The maximum absolute atomic E-state index is 10.1. The maximum atomic E-state index is 10.1. The number of aromatic nitrogens is 1. The van der Waals surface area contributed by atoms with Crippen LogP contribution in [0.1, 0.15) is 11.3 Å². The Balaban J connectivity index is 1.93. The number of hydrogen-bond donors (Lipinski definition) is 2. The van der Waals surface area contributed by atoms with Gasteiger partial charge in [-0.05, 0) is 43.3 Å². The van der Waals surface area contributed by atoms with Gasteiger partial charge in [0, 0.05) is 16.6 Å². The van der Waals surface area contributed by atoms with E-state index in [-0.39, 0.29) is 5.75 Å². The molecule has 1 aromatic heterocycles. The Morgan fingerprint density at radius 3 is 2.72 bits per heavy atom. The topological polar surface area (TPSA) is 76.0 Å². The molecule has 0 saturated heterocycles. The molecule has 0 fully saturated rings. The van der Waals surface area contributed by atoms with Gasteiger partial charge in [0.15, 0.2) is 11.5 Å². The number of methoxy groups -OCH3 is 2. The molecule has 0 aliphatic heterocycles. The van der Waals surface area contributed by atoms with Crippen LogP contribution in [0.5, 0.6) is 17.2 Å². The number of pyridine rings is 1. The highest BCUT2D eigenvalue weighted by Crippen LogP contribution is 2.29. The summed E-state index contributed by atoms with van der Waals surface area (Å²) in [7, 11) is 3.13. The molecule has 0 spiro atoms. The van der Waals surface area contributed by atoms with Crippen LogP contribution in [0.3, 0.4) is 0 Å². The fourth-order valence-electron chi connectivity index (χ4n) is 2.54. The molecule has 2 N–H and O–H groups in total. The number of phenols is 1. The summed E-state index contributed by atoms with van der Waals surface area (Å²) < 4.78 is 10.4. The molecule has 0 atom stereocenters. The molecule has 6 heteroatoms. The number of phenolic OH excluding ortho intramolecular Hbond substituents is 1. The highest BCUT2D eigenvalue weighted by Gasteiger charge is 2.07. The second kappa shape index (κ2) is 7.09. The van der Waals surface area contributed by atoms with Gasteiger partial charge in [0.25, 0.3) is 0 Å². The van der Waals surface area contributed by atoms with E-state index in [0.29, 0.717) is 11.3 Å². The van der Waals surface area contributed by atoms with Crippen LogP contribution < -0.4 is 14.9 Å². The average molecular weight is 337 g/mol. The van der Waals surface area contributed by atoms with Crippen LogP contribution in [-0.2, 0) is 0 Å². The summed E-state index contributed by atoms with van der Waals surface area (Å²) >= 11 is 0. The number of para-hydroxylation sites is 1. The molecule has 0 unspecified atom stereocenters. The van der Waals surface area contributed by atoms with Crippen molar-refractivity contribution in [1.29, 1.82) is 0 Å². The number of benzene rings is 2. The van der Waals surface area contributed by atoms with E-state index in [4.69, 9.17) is 9.47 Å². The van der Waals surface area contributed by atoms with Crippen LogP contribution in [-0.4, -0.2) is 30.5 Å². The summed E-state index contributed by atoms with van der Waals surface area (Å²) in [5.74, 6) is 1.20. The molecule has 0 aliphatic rings. The van der Waals surface area contributed by atoms with E-state index in [1.165, 1.54) is 7.11 Å². The summed E-state index contributed by atoms with van der Waals surface area (Å²) in [6.45, 7) is 1.92. The van der Waals surface area contributed by atoms with Crippen molar-refractivity contribution >= 4 is 22.8 Å². The van der Waals surface area contributed by atoms with Gasteiger partial charge >= 0.3 is 0 Å². The fourth-order valence-corrected chi connectivity index (χ4v) is 2.54. The van der Waals surface area contributed by atoms with Crippen molar-refractivity contribution in [2.24, 2.45) is 5.10 Å². The lowest BCUT2D eigenvalue weighted by atomic mass is 10.1. The molecule has 25 heavy (non-hydrogen) atoms. The number of nitrogens with zero attached hydrogens (tertiary/aromatic N) is 2. The standard InChI is InChI=1S/C19H19N3O3/c1-12-9-17(15-10-14(24-2)7-8-16(15)21-12)22-20-11-13-5-4-6-18(25-3)19(13)23/h4-11,23H,1-3H3,(H,21,22)/b20-11+. The Hall–Kier alpha value is -3.28. The van der Waals surface area contributed by atoms with Gasteiger partial charge in [-0.1, -0.05) is 6.07 Å². The van der Waals surface area contributed by atoms with Crippen molar-refractivity contribution in [2.75, 3.05) is 19.6 Å². The summed E-state index contributed by atoms with van der Waals surface area (Å²) in [6.07, 6.45) is 1.54. The Kier molecular flexibility index (Phi) is 4.70. The first-order chi connectivity index (χ1) is 12.1. The van der Waals surface area contributed by atoms with Crippen molar-refractivity contribution in [1.82, 2.24) is 4.98 Å². The lowest BCUT2D eigenvalue weighted by Crippen LogP contribution is -1.96. The summed E-state index contributed by atoms with van der Waals surface area (Å²) in [5, 5.41) is 15.2. The molecule has 0 radical (unpaired) electrons. The number of ether oxygens (including phenoxy) is 2. The molecular formula is C19H19N3O3. The Morgan fingerprint density at radius 1 is 1.12 bits per heavy atom. The van der Waals surface area contributed by atoms with Crippen LogP contribution in [0.2, 0.25) is 0 Å². The third kappa shape index (κ3) is 3.47. The van der Waals surface area contributed by atoms with E-state index in [9.17, 15) is 5.11 Å². The fraction of sp³-hybridized carbons (Fsp3) is 0.158. The number of fused-ring (bicyclic) bond motifs is 1. The van der Waals surface area contributed by atoms with Gasteiger partial charge in [-0.2, -0.15) is 5.10 Å². The van der Waals surface area contributed by atoms with E-state index in [0.717, 1.165) is 28.0 Å². The largest absolute Gasteiger partial charge is 0.504 e. The van der Waals surface area contributed by atoms with Gasteiger partial charge in [0.05, 0.1) is 31.6 Å². The molecule has 0 bridgehead atoms. The van der Waals surface area contributed by atoms with Crippen molar-refractivity contribution in [2.45, 2.75) is 6.92 Å². The molecule has 3 rings (SSSR count). The number of hydrogen-bond acceptors (Lipinski definition) is 6. The quantitative estimate of drug-likeness (QED) is 0.548. The van der Waals surface area contributed by atoms with E-state index < -0.39 is 0 Å². The maximum Gasteiger partial charge on any atom is 0.166 e. The van der Waals surface area contributed by atoms with Gasteiger partial charge in [0.1, 0.15) is 5.75 Å². The second-order valence-electron chi connectivity index (χ2n) is 5.46. The molecule has 128 valence electrons. The van der Waals surface area contributed by atoms with Crippen molar-refractivity contribution in [3.05, 3.63) is 53.7 Å². The molecule has 6 nitrogen and oxygen atoms in total. The predicted molar refractivity (Wildman–Crippen MR) is 98.9 cm³/mol. The summed E-state index contributed by atoms with van der Waals surface area (Å²) in [5.41, 5.74) is 6.10. The molecule has 3 aromatic rings. The first kappa shape index (κ1) is 16.6. The highest BCUT2D eigenvalue weighted by atomic mass is 16.5. The Bertz CT molecular complexity index is 939. The zero-order chi connectivity index (χ0) is 17.8. The minimum absolute atomic E-state index is 0.0491. The molecule has 0 aliphatic carbocycles. The van der Waals surface area contributed by atoms with E-state index in [2.05, 4.69) is 15.5 Å². The van der Waals surface area contributed by atoms with Crippen LogP contribution in [0.4, 0.5) is 5.69 Å². The summed E-state index contributed by atoms with van der Waals surface area (Å²) in [4.78, 5) is 4.51. The number of aryl methyl sites for hydroxylation is 1. The average Bonchev–Trinajstić information content (AvgIpc) is 2.62. The van der Waals surface area contributed by atoms with Crippen molar-refractivity contribution < 1.29 is 14.6 Å². The first-order valence-corrected chi connectivity index (χ1v) is 7.73. The number of anilines is 1. The van der Waals surface area contributed by atoms with Gasteiger partial charge in [-0.3, -0.25) is 10.4 Å². The van der Waals surface area contributed by atoms with E-state index >= 15 is 0 Å².